The second-order valence-corrected chi connectivity index (χ2v) is 4.29. The SMILES string of the molecule is CCCNC(=O)CNCc1cc(F)cc(/C(N)=N/O)c1. The summed E-state index contributed by atoms with van der Waals surface area (Å²) in [6.07, 6.45) is 0.874. The molecule has 0 unspecified atom stereocenters. The van der Waals surface area contributed by atoms with Crippen LogP contribution in [-0.2, 0) is 11.3 Å². The molecule has 0 aliphatic rings. The molecule has 0 fully saturated rings. The van der Waals surface area contributed by atoms with E-state index in [4.69, 9.17) is 10.9 Å². The Bertz CT molecular complexity index is 491. The van der Waals surface area contributed by atoms with Crippen molar-refractivity contribution in [1.82, 2.24) is 10.6 Å². The Morgan fingerprint density at radius 1 is 1.45 bits per heavy atom. The first-order chi connectivity index (χ1) is 9.56. The van der Waals surface area contributed by atoms with E-state index in [0.717, 1.165) is 6.42 Å². The number of nitrogens with one attached hydrogen (secondary N) is 2. The number of benzene rings is 1. The van der Waals surface area contributed by atoms with Gasteiger partial charge in [-0.25, -0.2) is 4.39 Å². The lowest BCUT2D eigenvalue weighted by Gasteiger charge is -2.07. The number of carbonyl (C=O) groups is 1. The minimum atomic E-state index is -0.485. The molecule has 1 aromatic rings. The van der Waals surface area contributed by atoms with Gasteiger partial charge in [0.25, 0.3) is 0 Å². The summed E-state index contributed by atoms with van der Waals surface area (Å²) in [5.74, 6) is -0.757. The van der Waals surface area contributed by atoms with Gasteiger partial charge in [0.2, 0.25) is 5.91 Å². The molecule has 1 amide bonds. The lowest BCUT2D eigenvalue weighted by Crippen LogP contribution is -2.34. The van der Waals surface area contributed by atoms with Crippen LogP contribution in [0.1, 0.15) is 24.5 Å². The summed E-state index contributed by atoms with van der Waals surface area (Å²) < 4.78 is 13.4. The number of oxime groups is 1. The smallest absolute Gasteiger partial charge is 0.233 e. The highest BCUT2D eigenvalue weighted by Crippen LogP contribution is 2.09. The summed E-state index contributed by atoms with van der Waals surface area (Å²) in [7, 11) is 0. The molecular weight excluding hydrogens is 263 g/mol. The van der Waals surface area contributed by atoms with Crippen LogP contribution in [0, 0.1) is 5.82 Å². The summed E-state index contributed by atoms with van der Waals surface area (Å²) in [6.45, 7) is 3.06. The number of amidine groups is 1. The van der Waals surface area contributed by atoms with Crippen LogP contribution >= 0.6 is 0 Å². The van der Waals surface area contributed by atoms with E-state index < -0.39 is 5.82 Å². The van der Waals surface area contributed by atoms with E-state index in [1.807, 2.05) is 6.92 Å². The van der Waals surface area contributed by atoms with Gasteiger partial charge in [-0.2, -0.15) is 0 Å². The van der Waals surface area contributed by atoms with Gasteiger partial charge in [-0.05, 0) is 30.2 Å². The minimum absolute atomic E-state index is 0.111. The van der Waals surface area contributed by atoms with Crippen LogP contribution in [0.5, 0.6) is 0 Å². The zero-order valence-electron chi connectivity index (χ0n) is 11.3. The van der Waals surface area contributed by atoms with Crippen molar-refractivity contribution in [2.45, 2.75) is 19.9 Å². The molecule has 0 atom stereocenters. The van der Waals surface area contributed by atoms with Crippen molar-refractivity contribution in [3.8, 4) is 0 Å². The van der Waals surface area contributed by atoms with Crippen LogP contribution < -0.4 is 16.4 Å². The molecule has 1 rings (SSSR count). The molecule has 5 N–H and O–H groups in total. The maximum absolute atomic E-state index is 13.4. The van der Waals surface area contributed by atoms with Crippen molar-refractivity contribution in [1.29, 1.82) is 0 Å². The maximum Gasteiger partial charge on any atom is 0.233 e. The minimum Gasteiger partial charge on any atom is -0.409 e. The third-order valence-corrected chi connectivity index (χ3v) is 2.55. The largest absolute Gasteiger partial charge is 0.409 e. The highest BCUT2D eigenvalue weighted by atomic mass is 19.1. The Morgan fingerprint density at radius 2 is 2.20 bits per heavy atom. The Morgan fingerprint density at radius 3 is 2.85 bits per heavy atom. The van der Waals surface area contributed by atoms with Crippen molar-refractivity contribution < 1.29 is 14.4 Å². The molecular formula is C13H19FN4O2. The Labute approximate surface area is 116 Å². The van der Waals surface area contributed by atoms with Crippen LogP contribution in [0.2, 0.25) is 0 Å². The normalized spacial score (nSPS) is 11.4. The lowest BCUT2D eigenvalue weighted by atomic mass is 10.1. The van der Waals surface area contributed by atoms with E-state index in [1.54, 1.807) is 6.07 Å². The number of hydrogen-bond acceptors (Lipinski definition) is 4. The first kappa shape index (κ1) is 15.9. The topological polar surface area (TPSA) is 99.7 Å². The molecule has 0 radical (unpaired) electrons. The number of nitrogens with two attached hydrogens (primary N) is 1. The van der Waals surface area contributed by atoms with Gasteiger partial charge in [0.05, 0.1) is 6.54 Å². The van der Waals surface area contributed by atoms with Crippen molar-refractivity contribution in [3.63, 3.8) is 0 Å². The summed E-state index contributed by atoms with van der Waals surface area (Å²) >= 11 is 0. The molecule has 7 heteroatoms. The number of halogens is 1. The fraction of sp³-hybridized carbons (Fsp3) is 0.385. The standard InChI is InChI=1S/C13H19FN4O2/c1-2-3-17-12(19)8-16-7-9-4-10(13(15)18-20)6-11(14)5-9/h4-6,16,20H,2-3,7-8H2,1H3,(H2,15,18)(H,17,19). The van der Waals surface area contributed by atoms with E-state index in [0.29, 0.717) is 24.2 Å². The van der Waals surface area contributed by atoms with E-state index in [2.05, 4.69) is 15.8 Å². The Hall–Kier alpha value is -2.15. The first-order valence-corrected chi connectivity index (χ1v) is 6.31. The average molecular weight is 282 g/mol. The average Bonchev–Trinajstić information content (AvgIpc) is 2.43. The Balaban J connectivity index is 2.56. The molecule has 0 aliphatic heterocycles. The molecule has 0 heterocycles. The Kier molecular flexibility index (Phi) is 6.45. The lowest BCUT2D eigenvalue weighted by molar-refractivity contribution is -0.120. The van der Waals surface area contributed by atoms with Gasteiger partial charge < -0.3 is 21.6 Å². The van der Waals surface area contributed by atoms with Gasteiger partial charge in [-0.3, -0.25) is 4.79 Å². The summed E-state index contributed by atoms with van der Waals surface area (Å²) in [4.78, 5) is 11.4. The molecule has 6 nitrogen and oxygen atoms in total. The van der Waals surface area contributed by atoms with E-state index in [9.17, 15) is 9.18 Å². The van der Waals surface area contributed by atoms with E-state index in [-0.39, 0.29) is 18.3 Å². The fourth-order valence-corrected chi connectivity index (χ4v) is 1.61. The number of rotatable bonds is 7. The molecule has 20 heavy (non-hydrogen) atoms. The summed E-state index contributed by atoms with van der Waals surface area (Å²) in [6, 6.07) is 4.09. The van der Waals surface area contributed by atoms with Gasteiger partial charge in [0.1, 0.15) is 5.82 Å². The molecule has 0 aliphatic carbocycles. The number of nitrogens with zero attached hydrogens (tertiary/aromatic N) is 1. The molecule has 1 aromatic carbocycles. The zero-order valence-corrected chi connectivity index (χ0v) is 11.3. The van der Waals surface area contributed by atoms with Crippen molar-refractivity contribution >= 4 is 11.7 Å². The zero-order chi connectivity index (χ0) is 15.0. The predicted molar refractivity (Wildman–Crippen MR) is 73.9 cm³/mol. The van der Waals surface area contributed by atoms with E-state index in [1.165, 1.54) is 12.1 Å². The molecule has 0 bridgehead atoms. The van der Waals surface area contributed by atoms with Gasteiger partial charge >= 0.3 is 0 Å². The third-order valence-electron chi connectivity index (χ3n) is 2.55. The van der Waals surface area contributed by atoms with Gasteiger partial charge in [-0.1, -0.05) is 12.1 Å². The second kappa shape index (κ2) is 8.11. The molecule has 110 valence electrons. The van der Waals surface area contributed by atoms with Crippen LogP contribution in [0.3, 0.4) is 0 Å². The van der Waals surface area contributed by atoms with Crippen LogP contribution in [0.15, 0.2) is 23.4 Å². The maximum atomic E-state index is 13.4. The summed E-state index contributed by atoms with van der Waals surface area (Å²) in [5, 5.41) is 17.0. The van der Waals surface area contributed by atoms with E-state index >= 15 is 0 Å². The van der Waals surface area contributed by atoms with Crippen LogP contribution in [0.4, 0.5) is 4.39 Å². The fourth-order valence-electron chi connectivity index (χ4n) is 1.61. The van der Waals surface area contributed by atoms with Crippen molar-refractivity contribution in [2.75, 3.05) is 13.1 Å². The van der Waals surface area contributed by atoms with Gasteiger partial charge in [0, 0.05) is 18.7 Å². The molecule has 0 spiro atoms. The highest BCUT2D eigenvalue weighted by molar-refractivity contribution is 5.97. The number of carbonyl (C=O) groups excluding carboxylic acids is 1. The summed E-state index contributed by atoms with van der Waals surface area (Å²) in [5.41, 5.74) is 6.31. The highest BCUT2D eigenvalue weighted by Gasteiger charge is 2.05. The molecule has 0 aromatic heterocycles. The number of amides is 1. The third kappa shape index (κ3) is 5.23. The van der Waals surface area contributed by atoms with Gasteiger partial charge in [0.15, 0.2) is 5.84 Å². The van der Waals surface area contributed by atoms with Crippen LogP contribution in [0.25, 0.3) is 0 Å². The number of hydrogen-bond donors (Lipinski definition) is 4. The quantitative estimate of drug-likeness (QED) is 0.254. The molecule has 0 saturated heterocycles. The second-order valence-electron chi connectivity index (χ2n) is 4.29. The van der Waals surface area contributed by atoms with Crippen molar-refractivity contribution in [2.24, 2.45) is 10.9 Å². The molecule has 0 saturated carbocycles. The monoisotopic (exact) mass is 282 g/mol. The first-order valence-electron chi connectivity index (χ1n) is 6.31. The van der Waals surface area contributed by atoms with Crippen molar-refractivity contribution in [3.05, 3.63) is 35.1 Å². The predicted octanol–water partition coefficient (Wildman–Crippen LogP) is 0.536. The van der Waals surface area contributed by atoms with Crippen LogP contribution in [-0.4, -0.2) is 30.0 Å². The van der Waals surface area contributed by atoms with Gasteiger partial charge in [-0.15, -0.1) is 0 Å².